The van der Waals surface area contributed by atoms with Crippen LogP contribution in [0.15, 0.2) is 48.8 Å². The molecule has 1 aromatic heterocycles. The maximum absolute atomic E-state index is 5.31. The van der Waals surface area contributed by atoms with Gasteiger partial charge in [-0.3, -0.25) is 4.98 Å². The third kappa shape index (κ3) is 2.58. The molecule has 2 rings (SSSR count). The van der Waals surface area contributed by atoms with Gasteiger partial charge in [-0.05, 0) is 35.4 Å². The van der Waals surface area contributed by atoms with Crippen LogP contribution in [0.25, 0.3) is 11.1 Å². The highest BCUT2D eigenvalue weighted by Crippen LogP contribution is 2.21. The number of hydrogen-bond donors (Lipinski definition) is 0. The highest BCUT2D eigenvalue weighted by atomic mass is 16.7. The van der Waals surface area contributed by atoms with Crippen molar-refractivity contribution in [3.8, 4) is 16.9 Å². The summed E-state index contributed by atoms with van der Waals surface area (Å²) in [6.07, 6.45) is 3.56. The Morgan fingerprint density at radius 2 is 1.56 bits per heavy atom. The van der Waals surface area contributed by atoms with Gasteiger partial charge in [-0.2, -0.15) is 0 Å². The minimum atomic E-state index is 0.272. The SMILES string of the molecule is COCOc1ccc(-c2ccncc2)cc1. The van der Waals surface area contributed by atoms with E-state index in [9.17, 15) is 0 Å². The minimum Gasteiger partial charge on any atom is -0.468 e. The van der Waals surface area contributed by atoms with Crippen molar-refractivity contribution in [1.82, 2.24) is 4.98 Å². The Morgan fingerprint density at radius 3 is 2.19 bits per heavy atom. The lowest BCUT2D eigenvalue weighted by molar-refractivity contribution is 0.0511. The number of pyridine rings is 1. The van der Waals surface area contributed by atoms with Crippen LogP contribution in [0.1, 0.15) is 0 Å². The second-order valence-corrected chi connectivity index (χ2v) is 3.31. The molecular weight excluding hydrogens is 202 g/mol. The van der Waals surface area contributed by atoms with Crippen LogP contribution in [0.5, 0.6) is 5.75 Å². The fourth-order valence-electron chi connectivity index (χ4n) is 1.41. The van der Waals surface area contributed by atoms with E-state index in [4.69, 9.17) is 9.47 Å². The number of aromatic nitrogens is 1. The molecule has 0 N–H and O–H groups in total. The Hall–Kier alpha value is -1.87. The summed E-state index contributed by atoms with van der Waals surface area (Å²) in [5.41, 5.74) is 2.29. The molecule has 0 atom stereocenters. The Balaban J connectivity index is 2.13. The number of methoxy groups -OCH3 is 1. The van der Waals surface area contributed by atoms with Gasteiger partial charge in [-0.15, -0.1) is 0 Å². The zero-order chi connectivity index (χ0) is 11.2. The van der Waals surface area contributed by atoms with Crippen molar-refractivity contribution in [2.45, 2.75) is 0 Å². The number of rotatable bonds is 4. The highest BCUT2D eigenvalue weighted by molar-refractivity contribution is 5.63. The van der Waals surface area contributed by atoms with Gasteiger partial charge in [-0.25, -0.2) is 0 Å². The lowest BCUT2D eigenvalue weighted by atomic mass is 10.1. The Kier molecular flexibility index (Phi) is 3.51. The van der Waals surface area contributed by atoms with Gasteiger partial charge in [0.25, 0.3) is 0 Å². The van der Waals surface area contributed by atoms with Crippen LogP contribution in [-0.2, 0) is 4.74 Å². The predicted molar refractivity (Wildman–Crippen MR) is 62.2 cm³/mol. The molecule has 0 amide bonds. The van der Waals surface area contributed by atoms with Gasteiger partial charge in [-0.1, -0.05) is 12.1 Å². The summed E-state index contributed by atoms with van der Waals surface area (Å²) in [7, 11) is 1.60. The third-order valence-corrected chi connectivity index (χ3v) is 2.21. The van der Waals surface area contributed by atoms with E-state index in [0.717, 1.165) is 16.9 Å². The summed E-state index contributed by atoms with van der Waals surface area (Å²) in [4.78, 5) is 3.99. The monoisotopic (exact) mass is 215 g/mol. The van der Waals surface area contributed by atoms with Crippen molar-refractivity contribution in [2.24, 2.45) is 0 Å². The van der Waals surface area contributed by atoms with Gasteiger partial charge in [0, 0.05) is 19.5 Å². The van der Waals surface area contributed by atoms with Crippen molar-refractivity contribution in [1.29, 1.82) is 0 Å². The first-order valence-corrected chi connectivity index (χ1v) is 5.02. The smallest absolute Gasteiger partial charge is 0.188 e. The molecule has 16 heavy (non-hydrogen) atoms. The summed E-state index contributed by atoms with van der Waals surface area (Å²) in [5, 5.41) is 0. The zero-order valence-corrected chi connectivity index (χ0v) is 9.09. The van der Waals surface area contributed by atoms with Gasteiger partial charge in [0.15, 0.2) is 6.79 Å². The number of ether oxygens (including phenoxy) is 2. The molecule has 0 aliphatic carbocycles. The van der Waals surface area contributed by atoms with Crippen molar-refractivity contribution in [3.63, 3.8) is 0 Å². The summed E-state index contributed by atoms with van der Waals surface area (Å²) < 4.78 is 10.1. The van der Waals surface area contributed by atoms with E-state index in [1.54, 1.807) is 19.5 Å². The van der Waals surface area contributed by atoms with E-state index in [-0.39, 0.29) is 6.79 Å². The van der Waals surface area contributed by atoms with Crippen LogP contribution in [0.2, 0.25) is 0 Å². The number of nitrogens with zero attached hydrogens (tertiary/aromatic N) is 1. The van der Waals surface area contributed by atoms with Gasteiger partial charge in [0.05, 0.1) is 0 Å². The van der Waals surface area contributed by atoms with Crippen molar-refractivity contribution >= 4 is 0 Å². The summed E-state index contributed by atoms with van der Waals surface area (Å²) in [5.74, 6) is 0.805. The molecule has 0 unspecified atom stereocenters. The molecule has 0 aliphatic rings. The van der Waals surface area contributed by atoms with Crippen LogP contribution in [0.4, 0.5) is 0 Å². The second kappa shape index (κ2) is 5.28. The molecule has 82 valence electrons. The molecule has 2 aromatic rings. The van der Waals surface area contributed by atoms with Crippen LogP contribution in [-0.4, -0.2) is 18.9 Å². The summed E-state index contributed by atoms with van der Waals surface area (Å²) in [6, 6.07) is 11.8. The second-order valence-electron chi connectivity index (χ2n) is 3.31. The lowest BCUT2D eigenvalue weighted by Gasteiger charge is -2.05. The van der Waals surface area contributed by atoms with Crippen LogP contribution in [0.3, 0.4) is 0 Å². The quantitative estimate of drug-likeness (QED) is 0.735. The topological polar surface area (TPSA) is 31.4 Å². The van der Waals surface area contributed by atoms with E-state index in [2.05, 4.69) is 4.98 Å². The molecule has 3 heteroatoms. The average Bonchev–Trinajstić information content (AvgIpc) is 2.38. The molecule has 1 heterocycles. The van der Waals surface area contributed by atoms with Gasteiger partial charge >= 0.3 is 0 Å². The lowest BCUT2D eigenvalue weighted by Crippen LogP contribution is -1.98. The largest absolute Gasteiger partial charge is 0.468 e. The fourth-order valence-corrected chi connectivity index (χ4v) is 1.41. The van der Waals surface area contributed by atoms with E-state index in [0.29, 0.717) is 0 Å². The average molecular weight is 215 g/mol. The van der Waals surface area contributed by atoms with Gasteiger partial charge < -0.3 is 9.47 Å². The molecule has 0 aliphatic heterocycles. The van der Waals surface area contributed by atoms with Gasteiger partial charge in [0.1, 0.15) is 5.75 Å². The summed E-state index contributed by atoms with van der Waals surface area (Å²) >= 11 is 0. The minimum absolute atomic E-state index is 0.272. The molecule has 0 spiro atoms. The molecule has 0 saturated carbocycles. The molecule has 1 aromatic carbocycles. The predicted octanol–water partition coefficient (Wildman–Crippen LogP) is 2.73. The first kappa shape index (κ1) is 10.6. The fraction of sp³-hybridized carbons (Fsp3) is 0.154. The van der Waals surface area contributed by atoms with Crippen molar-refractivity contribution in [3.05, 3.63) is 48.8 Å². The van der Waals surface area contributed by atoms with Crippen LogP contribution < -0.4 is 4.74 Å². The first-order valence-electron chi connectivity index (χ1n) is 5.02. The molecule has 0 radical (unpaired) electrons. The maximum Gasteiger partial charge on any atom is 0.188 e. The molecule has 3 nitrogen and oxygen atoms in total. The molecule has 0 bridgehead atoms. The van der Waals surface area contributed by atoms with E-state index in [1.807, 2.05) is 36.4 Å². The van der Waals surface area contributed by atoms with Crippen LogP contribution in [0, 0.1) is 0 Å². The number of benzene rings is 1. The molecule has 0 saturated heterocycles. The summed E-state index contributed by atoms with van der Waals surface area (Å²) in [6.45, 7) is 0.272. The maximum atomic E-state index is 5.31. The Morgan fingerprint density at radius 1 is 0.938 bits per heavy atom. The van der Waals surface area contributed by atoms with E-state index in [1.165, 1.54) is 0 Å². The van der Waals surface area contributed by atoms with Gasteiger partial charge in [0.2, 0.25) is 0 Å². The first-order chi connectivity index (χ1) is 7.90. The van der Waals surface area contributed by atoms with Crippen LogP contribution >= 0.6 is 0 Å². The van der Waals surface area contributed by atoms with E-state index >= 15 is 0 Å². The Bertz CT molecular complexity index is 425. The van der Waals surface area contributed by atoms with Crippen molar-refractivity contribution in [2.75, 3.05) is 13.9 Å². The normalized spacial score (nSPS) is 10.1. The standard InChI is InChI=1S/C13H13NO2/c1-15-10-16-13-4-2-11(3-5-13)12-6-8-14-9-7-12/h2-9H,10H2,1H3. The Labute approximate surface area is 94.7 Å². The third-order valence-electron chi connectivity index (χ3n) is 2.21. The molecular formula is C13H13NO2. The van der Waals surface area contributed by atoms with E-state index < -0.39 is 0 Å². The zero-order valence-electron chi connectivity index (χ0n) is 9.09. The highest BCUT2D eigenvalue weighted by Gasteiger charge is 1.97. The molecule has 0 fully saturated rings. The number of hydrogen-bond acceptors (Lipinski definition) is 3. The van der Waals surface area contributed by atoms with Crippen molar-refractivity contribution < 1.29 is 9.47 Å².